The molecule has 1 aliphatic rings. The quantitative estimate of drug-likeness (QED) is 0.449. The van der Waals surface area contributed by atoms with Gasteiger partial charge in [0.15, 0.2) is 11.5 Å². The Labute approximate surface area is 183 Å². The minimum absolute atomic E-state index is 0.187. The van der Waals surface area contributed by atoms with E-state index >= 15 is 0 Å². The Bertz CT molecular complexity index is 1230. The minimum atomic E-state index is -0.269. The third kappa shape index (κ3) is 4.25. The molecule has 0 fully saturated rings. The minimum Gasteiger partial charge on any atom is -0.454 e. The monoisotopic (exact) mass is 439 g/mol. The van der Waals surface area contributed by atoms with E-state index in [-0.39, 0.29) is 18.5 Å². The van der Waals surface area contributed by atoms with Gasteiger partial charge >= 0.3 is 0 Å². The van der Waals surface area contributed by atoms with Gasteiger partial charge in [-0.25, -0.2) is 4.39 Å². The number of carbonyl (C=O) groups is 1. The van der Waals surface area contributed by atoms with E-state index in [1.165, 1.54) is 23.5 Å². The summed E-state index contributed by atoms with van der Waals surface area (Å²) in [5.41, 5.74) is 2.43. The number of ether oxygens (including phenoxy) is 2. The van der Waals surface area contributed by atoms with Gasteiger partial charge in [-0.1, -0.05) is 26.0 Å². The van der Waals surface area contributed by atoms with Crippen molar-refractivity contribution < 1.29 is 18.7 Å². The number of aryl methyl sites for hydroxylation is 1. The third-order valence-corrected chi connectivity index (χ3v) is 5.85. The normalized spacial score (nSPS) is 11.9. The van der Waals surface area contributed by atoms with Crippen molar-refractivity contribution in [1.29, 1.82) is 0 Å². The van der Waals surface area contributed by atoms with Crippen LogP contribution in [0.2, 0.25) is 0 Å². The maximum absolute atomic E-state index is 13.1. The van der Waals surface area contributed by atoms with E-state index in [1.54, 1.807) is 30.3 Å². The number of fused-ring (bicyclic) bond motifs is 2. The molecule has 1 aliphatic heterocycles. The average Bonchev–Trinajstić information content (AvgIpc) is 3.48. The van der Waals surface area contributed by atoms with E-state index in [9.17, 15) is 9.18 Å². The van der Waals surface area contributed by atoms with E-state index in [1.807, 2.05) is 31.5 Å². The van der Waals surface area contributed by atoms with Gasteiger partial charge in [0, 0.05) is 17.1 Å². The number of halogens is 1. The van der Waals surface area contributed by atoms with Gasteiger partial charge in [-0.2, -0.15) is 5.10 Å². The molecule has 8 heteroatoms. The van der Waals surface area contributed by atoms with Gasteiger partial charge in [-0.15, -0.1) is 11.3 Å². The van der Waals surface area contributed by atoms with Crippen molar-refractivity contribution in [3.63, 3.8) is 0 Å². The molecule has 0 bridgehead atoms. The molecule has 0 spiro atoms. The molecule has 0 unspecified atom stereocenters. The molecule has 2 aromatic heterocycles. The van der Waals surface area contributed by atoms with Crippen LogP contribution in [0.4, 0.5) is 10.1 Å². The van der Waals surface area contributed by atoms with Crippen LogP contribution in [0, 0.1) is 12.7 Å². The fraction of sp³-hybridized carbons (Fsp3) is 0.217. The smallest absolute Gasteiger partial charge is 0.265 e. The Hall–Kier alpha value is -3.39. The summed E-state index contributed by atoms with van der Waals surface area (Å²) in [7, 11) is 0. The number of thiophene rings is 1. The molecule has 0 saturated heterocycles. The van der Waals surface area contributed by atoms with Gasteiger partial charge < -0.3 is 14.8 Å². The summed E-state index contributed by atoms with van der Waals surface area (Å²) in [5, 5.41) is 8.40. The average molecular weight is 440 g/mol. The Morgan fingerprint density at radius 1 is 1.13 bits per heavy atom. The first-order valence-electron chi connectivity index (χ1n) is 9.99. The number of nitrogens with zero attached hydrogens (tertiary/aromatic N) is 2. The molecule has 2 aromatic carbocycles. The maximum atomic E-state index is 13.1. The molecule has 31 heavy (non-hydrogen) atoms. The van der Waals surface area contributed by atoms with Crippen molar-refractivity contribution >= 4 is 33.1 Å². The molecule has 0 aliphatic carbocycles. The topological polar surface area (TPSA) is 65.4 Å². The largest absolute Gasteiger partial charge is 0.454 e. The lowest BCUT2D eigenvalue weighted by molar-refractivity contribution is 0.103. The standard InChI is InChI=1S/C21H16FN3O3S.C2H6/c1-12-16-9-19(20(26)23-15-6-7-17-18(8-15)28-11-27-17)29-21(16)25(24-12)10-13-2-4-14(22)5-3-13;1-2/h2-9H,10-11H2,1H3,(H,23,26);1-2H3. The van der Waals surface area contributed by atoms with Gasteiger partial charge in [0.25, 0.3) is 5.91 Å². The second-order valence-corrected chi connectivity index (χ2v) is 7.75. The second kappa shape index (κ2) is 8.77. The van der Waals surface area contributed by atoms with Crippen molar-refractivity contribution in [3.05, 3.63) is 70.5 Å². The molecule has 5 rings (SSSR count). The fourth-order valence-corrected chi connectivity index (χ4v) is 4.32. The summed E-state index contributed by atoms with van der Waals surface area (Å²) < 4.78 is 25.6. The predicted molar refractivity (Wildman–Crippen MR) is 120 cm³/mol. The van der Waals surface area contributed by atoms with Crippen LogP contribution in [-0.4, -0.2) is 22.5 Å². The van der Waals surface area contributed by atoms with Crippen molar-refractivity contribution in [2.75, 3.05) is 12.1 Å². The van der Waals surface area contributed by atoms with Crippen LogP contribution in [0.5, 0.6) is 11.5 Å². The van der Waals surface area contributed by atoms with E-state index in [2.05, 4.69) is 10.4 Å². The van der Waals surface area contributed by atoms with E-state index < -0.39 is 0 Å². The summed E-state index contributed by atoms with van der Waals surface area (Å²) >= 11 is 1.38. The molecule has 1 amide bonds. The highest BCUT2D eigenvalue weighted by Gasteiger charge is 2.18. The van der Waals surface area contributed by atoms with Crippen LogP contribution in [0.15, 0.2) is 48.5 Å². The second-order valence-electron chi connectivity index (χ2n) is 6.72. The summed E-state index contributed by atoms with van der Waals surface area (Å²) in [6.45, 7) is 6.61. The number of hydrogen-bond donors (Lipinski definition) is 1. The van der Waals surface area contributed by atoms with Crippen LogP contribution in [0.1, 0.15) is 34.8 Å². The molecule has 0 atom stereocenters. The van der Waals surface area contributed by atoms with Crippen molar-refractivity contribution in [2.45, 2.75) is 27.3 Å². The number of rotatable bonds is 4. The maximum Gasteiger partial charge on any atom is 0.265 e. The number of benzene rings is 2. The molecular formula is C23H22FN3O3S. The Morgan fingerprint density at radius 2 is 1.87 bits per heavy atom. The van der Waals surface area contributed by atoms with Crippen LogP contribution < -0.4 is 14.8 Å². The van der Waals surface area contributed by atoms with Crippen molar-refractivity contribution in [1.82, 2.24) is 9.78 Å². The predicted octanol–water partition coefficient (Wildman–Crippen LogP) is 5.60. The first kappa shape index (κ1) is 20.9. The number of amides is 1. The summed E-state index contributed by atoms with van der Waals surface area (Å²) in [6, 6.07) is 13.5. The van der Waals surface area contributed by atoms with Crippen LogP contribution >= 0.6 is 11.3 Å². The first-order valence-corrected chi connectivity index (χ1v) is 10.8. The van der Waals surface area contributed by atoms with Gasteiger partial charge in [-0.05, 0) is 42.8 Å². The lowest BCUT2D eigenvalue weighted by Gasteiger charge is -2.05. The zero-order valence-electron chi connectivity index (χ0n) is 17.4. The summed E-state index contributed by atoms with van der Waals surface area (Å²) in [4.78, 5) is 14.3. The molecule has 0 saturated carbocycles. The molecule has 3 heterocycles. The molecule has 1 N–H and O–H groups in total. The number of anilines is 1. The summed E-state index contributed by atoms with van der Waals surface area (Å²) in [6.07, 6.45) is 0. The van der Waals surface area contributed by atoms with E-state index in [4.69, 9.17) is 9.47 Å². The Morgan fingerprint density at radius 3 is 2.65 bits per heavy atom. The molecule has 4 aromatic rings. The van der Waals surface area contributed by atoms with Crippen molar-refractivity contribution in [3.8, 4) is 11.5 Å². The molecule has 0 radical (unpaired) electrons. The molecule has 6 nitrogen and oxygen atoms in total. The molecular weight excluding hydrogens is 417 g/mol. The van der Waals surface area contributed by atoms with Crippen LogP contribution in [-0.2, 0) is 6.54 Å². The number of hydrogen-bond acceptors (Lipinski definition) is 5. The van der Waals surface area contributed by atoms with Gasteiger partial charge in [0.1, 0.15) is 10.6 Å². The fourth-order valence-electron chi connectivity index (χ4n) is 3.26. The zero-order valence-corrected chi connectivity index (χ0v) is 18.3. The van der Waals surface area contributed by atoms with Gasteiger partial charge in [0.05, 0.1) is 17.1 Å². The van der Waals surface area contributed by atoms with Gasteiger partial charge in [-0.3, -0.25) is 9.48 Å². The Balaban J connectivity index is 0.00000112. The highest BCUT2D eigenvalue weighted by atomic mass is 32.1. The first-order chi connectivity index (χ1) is 15.1. The lowest BCUT2D eigenvalue weighted by Crippen LogP contribution is -2.10. The number of nitrogens with one attached hydrogen (secondary N) is 1. The zero-order chi connectivity index (χ0) is 22.0. The third-order valence-electron chi connectivity index (χ3n) is 4.71. The number of aromatic nitrogens is 2. The Kier molecular flexibility index (Phi) is 5.90. The number of carbonyl (C=O) groups excluding carboxylic acids is 1. The highest BCUT2D eigenvalue weighted by molar-refractivity contribution is 7.20. The van der Waals surface area contributed by atoms with Crippen molar-refractivity contribution in [2.24, 2.45) is 0 Å². The highest BCUT2D eigenvalue weighted by Crippen LogP contribution is 2.35. The lowest BCUT2D eigenvalue weighted by atomic mass is 10.2. The van der Waals surface area contributed by atoms with E-state index in [0.29, 0.717) is 28.6 Å². The van der Waals surface area contributed by atoms with Crippen LogP contribution in [0.25, 0.3) is 10.2 Å². The summed E-state index contributed by atoms with van der Waals surface area (Å²) in [5.74, 6) is 0.818. The van der Waals surface area contributed by atoms with E-state index in [0.717, 1.165) is 21.5 Å². The SMILES string of the molecule is CC.Cc1nn(Cc2ccc(F)cc2)c2sc(C(=O)Nc3ccc4c(c3)OCO4)cc12. The molecule has 160 valence electrons. The van der Waals surface area contributed by atoms with Crippen LogP contribution in [0.3, 0.4) is 0 Å². The van der Waals surface area contributed by atoms with Gasteiger partial charge in [0.2, 0.25) is 6.79 Å².